The lowest BCUT2D eigenvalue weighted by molar-refractivity contribution is 0.543. The van der Waals surface area contributed by atoms with E-state index in [2.05, 4.69) is 34.8 Å². The van der Waals surface area contributed by atoms with Crippen LogP contribution in [0.1, 0.15) is 13.3 Å². The average molecular weight is 207 g/mol. The van der Waals surface area contributed by atoms with Crippen LogP contribution in [0.2, 0.25) is 0 Å². The fraction of sp³-hybridized carbons (Fsp3) is 0.300. The first-order chi connectivity index (χ1) is 6.83. The smallest absolute Gasteiger partial charge is 0.189 e. The molecule has 0 saturated carbocycles. The molecule has 2 rings (SSSR count). The van der Waals surface area contributed by atoms with Crippen LogP contribution in [0.25, 0.3) is 0 Å². The van der Waals surface area contributed by atoms with Crippen LogP contribution in [0.3, 0.4) is 0 Å². The minimum Gasteiger partial charge on any atom is -0.300 e. The molecular formula is C10H13N3S. The standard InChI is InChI=1S/C10H13N3S/c1-2-9-11-12-10(14)13(9)8-6-4-3-5-7-8/h3-7,9,11H,2H2,1H3,(H,12,14). The van der Waals surface area contributed by atoms with Crippen LogP contribution < -0.4 is 15.8 Å². The van der Waals surface area contributed by atoms with Crippen LogP contribution in [-0.2, 0) is 0 Å². The molecule has 4 heteroatoms. The fourth-order valence-electron chi connectivity index (χ4n) is 1.58. The Hall–Kier alpha value is -1.13. The quantitative estimate of drug-likeness (QED) is 0.721. The summed E-state index contributed by atoms with van der Waals surface area (Å²) in [4.78, 5) is 2.09. The summed E-state index contributed by atoms with van der Waals surface area (Å²) in [6, 6.07) is 10.2. The van der Waals surface area contributed by atoms with Gasteiger partial charge in [-0.2, -0.15) is 0 Å². The molecule has 0 aromatic heterocycles. The lowest BCUT2D eigenvalue weighted by atomic mass is 10.2. The Morgan fingerprint density at radius 1 is 1.36 bits per heavy atom. The van der Waals surface area contributed by atoms with E-state index in [9.17, 15) is 0 Å². The van der Waals surface area contributed by atoms with E-state index in [1.165, 1.54) is 0 Å². The predicted octanol–water partition coefficient (Wildman–Crippen LogP) is 1.62. The number of hydrogen-bond donors (Lipinski definition) is 2. The van der Waals surface area contributed by atoms with Crippen molar-refractivity contribution in [1.29, 1.82) is 0 Å². The van der Waals surface area contributed by atoms with E-state index in [4.69, 9.17) is 12.2 Å². The molecule has 1 heterocycles. The number of hydrazine groups is 1. The molecule has 14 heavy (non-hydrogen) atoms. The Morgan fingerprint density at radius 2 is 2.07 bits per heavy atom. The molecular weight excluding hydrogens is 194 g/mol. The van der Waals surface area contributed by atoms with Gasteiger partial charge in [-0.25, -0.2) is 5.43 Å². The summed E-state index contributed by atoms with van der Waals surface area (Å²) in [6.07, 6.45) is 1.26. The van der Waals surface area contributed by atoms with E-state index in [-0.39, 0.29) is 6.17 Å². The second-order valence-corrected chi connectivity index (χ2v) is 3.59. The average Bonchev–Trinajstić information content (AvgIpc) is 2.61. The number of para-hydroxylation sites is 1. The number of benzene rings is 1. The van der Waals surface area contributed by atoms with E-state index in [1.54, 1.807) is 0 Å². The third-order valence-electron chi connectivity index (χ3n) is 2.30. The third kappa shape index (κ3) is 1.58. The van der Waals surface area contributed by atoms with Gasteiger partial charge in [0.2, 0.25) is 0 Å². The molecule has 74 valence electrons. The Morgan fingerprint density at radius 3 is 2.71 bits per heavy atom. The van der Waals surface area contributed by atoms with Crippen LogP contribution in [0, 0.1) is 0 Å². The van der Waals surface area contributed by atoms with Crippen molar-refractivity contribution in [3.8, 4) is 0 Å². The molecule has 0 amide bonds. The third-order valence-corrected chi connectivity index (χ3v) is 2.60. The molecule has 0 spiro atoms. The van der Waals surface area contributed by atoms with E-state index in [0.29, 0.717) is 0 Å². The largest absolute Gasteiger partial charge is 0.300 e. The molecule has 3 nitrogen and oxygen atoms in total. The van der Waals surface area contributed by atoms with E-state index in [1.807, 2.05) is 18.2 Å². The van der Waals surface area contributed by atoms with Gasteiger partial charge in [0.1, 0.15) is 6.17 Å². The molecule has 1 unspecified atom stereocenters. The Balaban J connectivity index is 2.28. The SMILES string of the molecule is CCC1NNC(=S)N1c1ccccc1. The van der Waals surface area contributed by atoms with E-state index >= 15 is 0 Å². The van der Waals surface area contributed by atoms with Crippen molar-refractivity contribution in [2.24, 2.45) is 0 Å². The molecule has 1 aliphatic rings. The summed E-state index contributed by atoms with van der Waals surface area (Å²) in [5, 5.41) is 0.739. The summed E-state index contributed by atoms with van der Waals surface area (Å²) >= 11 is 5.22. The van der Waals surface area contributed by atoms with Crippen LogP contribution in [-0.4, -0.2) is 11.3 Å². The molecule has 2 N–H and O–H groups in total. The van der Waals surface area contributed by atoms with Crippen LogP contribution in [0.15, 0.2) is 30.3 Å². The highest BCUT2D eigenvalue weighted by atomic mass is 32.1. The highest BCUT2D eigenvalue weighted by Gasteiger charge is 2.26. The van der Waals surface area contributed by atoms with Crippen molar-refractivity contribution in [1.82, 2.24) is 10.9 Å². The van der Waals surface area contributed by atoms with E-state index < -0.39 is 0 Å². The molecule has 0 radical (unpaired) electrons. The molecule has 1 aromatic carbocycles. The van der Waals surface area contributed by atoms with Crippen LogP contribution >= 0.6 is 12.2 Å². The predicted molar refractivity (Wildman–Crippen MR) is 61.9 cm³/mol. The number of thiocarbonyl (C=S) groups is 1. The van der Waals surface area contributed by atoms with Gasteiger partial charge >= 0.3 is 0 Å². The van der Waals surface area contributed by atoms with Gasteiger partial charge in [0.05, 0.1) is 0 Å². The Labute approximate surface area is 89.1 Å². The molecule has 1 atom stereocenters. The maximum absolute atomic E-state index is 5.22. The zero-order valence-electron chi connectivity index (χ0n) is 8.03. The Kier molecular flexibility index (Phi) is 2.65. The molecule has 0 aliphatic carbocycles. The van der Waals surface area contributed by atoms with Gasteiger partial charge in [0, 0.05) is 5.69 Å². The number of nitrogens with one attached hydrogen (secondary N) is 2. The van der Waals surface area contributed by atoms with E-state index in [0.717, 1.165) is 17.2 Å². The van der Waals surface area contributed by atoms with Crippen molar-refractivity contribution in [2.45, 2.75) is 19.5 Å². The van der Waals surface area contributed by atoms with Gasteiger partial charge < -0.3 is 4.90 Å². The number of anilines is 1. The van der Waals surface area contributed by atoms with Crippen LogP contribution in [0.5, 0.6) is 0 Å². The summed E-state index contributed by atoms with van der Waals surface area (Å²) in [7, 11) is 0. The van der Waals surface area contributed by atoms with Crippen LogP contribution in [0.4, 0.5) is 5.69 Å². The summed E-state index contributed by atoms with van der Waals surface area (Å²) in [6.45, 7) is 2.13. The second-order valence-electron chi connectivity index (χ2n) is 3.20. The number of rotatable bonds is 2. The summed E-state index contributed by atoms with van der Waals surface area (Å²) in [5.74, 6) is 0. The van der Waals surface area contributed by atoms with Crippen molar-refractivity contribution < 1.29 is 0 Å². The maximum atomic E-state index is 5.22. The first kappa shape index (κ1) is 9.43. The van der Waals surface area contributed by atoms with Crippen molar-refractivity contribution in [3.05, 3.63) is 30.3 Å². The topological polar surface area (TPSA) is 27.3 Å². The van der Waals surface area contributed by atoms with Gasteiger partial charge in [0.25, 0.3) is 0 Å². The van der Waals surface area contributed by atoms with Crippen molar-refractivity contribution in [2.75, 3.05) is 4.90 Å². The van der Waals surface area contributed by atoms with Crippen molar-refractivity contribution in [3.63, 3.8) is 0 Å². The molecule has 1 saturated heterocycles. The molecule has 1 aromatic rings. The van der Waals surface area contributed by atoms with Gasteiger partial charge in [-0.15, -0.1) is 0 Å². The first-order valence-electron chi connectivity index (χ1n) is 4.72. The normalized spacial score (nSPS) is 21.1. The zero-order valence-corrected chi connectivity index (χ0v) is 8.84. The van der Waals surface area contributed by atoms with Gasteiger partial charge in [-0.3, -0.25) is 5.43 Å². The monoisotopic (exact) mass is 207 g/mol. The molecule has 1 aliphatic heterocycles. The lowest BCUT2D eigenvalue weighted by Gasteiger charge is -2.22. The minimum atomic E-state index is 0.255. The highest BCUT2D eigenvalue weighted by Crippen LogP contribution is 2.19. The van der Waals surface area contributed by atoms with Gasteiger partial charge in [-0.1, -0.05) is 25.1 Å². The lowest BCUT2D eigenvalue weighted by Crippen LogP contribution is -2.36. The first-order valence-corrected chi connectivity index (χ1v) is 5.13. The molecule has 1 fully saturated rings. The van der Waals surface area contributed by atoms with Crippen molar-refractivity contribution >= 4 is 23.0 Å². The number of nitrogens with zero attached hydrogens (tertiary/aromatic N) is 1. The summed E-state index contributed by atoms with van der Waals surface area (Å²) < 4.78 is 0. The highest BCUT2D eigenvalue weighted by molar-refractivity contribution is 7.80. The fourth-order valence-corrected chi connectivity index (χ4v) is 1.87. The number of hydrogen-bond acceptors (Lipinski definition) is 2. The van der Waals surface area contributed by atoms with Gasteiger partial charge in [0.15, 0.2) is 5.11 Å². The van der Waals surface area contributed by atoms with Gasteiger partial charge in [-0.05, 0) is 30.8 Å². The minimum absolute atomic E-state index is 0.255. The summed E-state index contributed by atoms with van der Waals surface area (Å²) in [5.41, 5.74) is 7.24. The second kappa shape index (κ2) is 3.94. The maximum Gasteiger partial charge on any atom is 0.189 e. The zero-order chi connectivity index (χ0) is 9.97. The molecule has 0 bridgehead atoms. The Bertz CT molecular complexity index is 325.